The van der Waals surface area contributed by atoms with Crippen molar-refractivity contribution < 1.29 is 4.79 Å². The molecule has 4 aromatic rings. The smallest absolute Gasteiger partial charge is 0.253 e. The molecule has 5 heteroatoms. The van der Waals surface area contributed by atoms with Crippen LogP contribution in [-0.4, -0.2) is 24.6 Å². The average Bonchev–Trinajstić information content (AvgIpc) is 3.16. The molecule has 1 N–H and O–H groups in total. The maximum absolute atomic E-state index is 13.0. The summed E-state index contributed by atoms with van der Waals surface area (Å²) in [6.07, 6.45) is 1.90. The first-order chi connectivity index (χ1) is 15.0. The van der Waals surface area contributed by atoms with Crippen LogP contribution in [0.1, 0.15) is 27.0 Å². The van der Waals surface area contributed by atoms with Gasteiger partial charge in [0.1, 0.15) is 0 Å². The molecule has 1 heterocycles. The van der Waals surface area contributed by atoms with E-state index in [0.717, 1.165) is 27.7 Å². The molecule has 31 heavy (non-hydrogen) atoms. The van der Waals surface area contributed by atoms with Crippen molar-refractivity contribution in [2.45, 2.75) is 13.1 Å². The Labute approximate surface area is 182 Å². The van der Waals surface area contributed by atoms with Gasteiger partial charge in [-0.15, -0.1) is 0 Å². The Bertz CT molecular complexity index is 1260. The summed E-state index contributed by atoms with van der Waals surface area (Å²) in [6.45, 7) is 1.06. The van der Waals surface area contributed by atoms with Crippen LogP contribution in [0, 0.1) is 11.3 Å². The number of amides is 1. The molecule has 0 aliphatic rings. The van der Waals surface area contributed by atoms with Crippen molar-refractivity contribution in [2.24, 2.45) is 0 Å². The van der Waals surface area contributed by atoms with E-state index in [1.54, 1.807) is 6.07 Å². The number of carbonyl (C=O) groups is 1. The van der Waals surface area contributed by atoms with Gasteiger partial charge in [-0.2, -0.15) is 5.26 Å². The molecular formula is C26H24N4O. The van der Waals surface area contributed by atoms with Crippen LogP contribution in [0.2, 0.25) is 0 Å². The Morgan fingerprint density at radius 2 is 1.77 bits per heavy atom. The summed E-state index contributed by atoms with van der Waals surface area (Å²) in [5.41, 5.74) is 5.47. The van der Waals surface area contributed by atoms with Crippen LogP contribution in [0.3, 0.4) is 0 Å². The third-order valence-corrected chi connectivity index (χ3v) is 5.35. The number of hydrogen-bond acceptors (Lipinski definition) is 3. The SMILES string of the molecule is CN(C)c1ccc(CNC(=O)c2cn(Cc3cccc(C#N)c3)c3ccccc23)cc1. The molecule has 0 aliphatic carbocycles. The summed E-state index contributed by atoms with van der Waals surface area (Å²) < 4.78 is 2.06. The minimum Gasteiger partial charge on any atom is -0.378 e. The minimum atomic E-state index is -0.0996. The van der Waals surface area contributed by atoms with Gasteiger partial charge < -0.3 is 14.8 Å². The van der Waals surface area contributed by atoms with Crippen LogP contribution >= 0.6 is 0 Å². The lowest BCUT2D eigenvalue weighted by Crippen LogP contribution is -2.22. The molecule has 1 amide bonds. The largest absolute Gasteiger partial charge is 0.378 e. The van der Waals surface area contributed by atoms with Gasteiger partial charge in [0.15, 0.2) is 0 Å². The molecule has 0 saturated heterocycles. The Hall–Kier alpha value is -4.04. The monoisotopic (exact) mass is 408 g/mol. The molecule has 0 radical (unpaired) electrons. The number of anilines is 1. The summed E-state index contributed by atoms with van der Waals surface area (Å²) in [7, 11) is 4.01. The standard InChI is InChI=1S/C26H24N4O/c1-29(2)22-12-10-19(11-13-22)16-28-26(31)24-18-30(25-9-4-3-8-23(24)25)17-21-7-5-6-20(14-21)15-27/h3-14,18H,16-17H2,1-2H3,(H,28,31). The van der Waals surface area contributed by atoms with Crippen LogP contribution in [0.5, 0.6) is 0 Å². The van der Waals surface area contributed by atoms with Gasteiger partial charge in [0.25, 0.3) is 5.91 Å². The third kappa shape index (κ3) is 4.44. The number of fused-ring (bicyclic) bond motifs is 1. The predicted molar refractivity (Wildman–Crippen MR) is 124 cm³/mol. The van der Waals surface area contributed by atoms with Crippen molar-refractivity contribution in [3.8, 4) is 6.07 Å². The second-order valence-electron chi connectivity index (χ2n) is 7.74. The number of nitrogens with one attached hydrogen (secondary N) is 1. The van der Waals surface area contributed by atoms with Crippen molar-refractivity contribution in [2.75, 3.05) is 19.0 Å². The topological polar surface area (TPSA) is 61.1 Å². The molecule has 1 aromatic heterocycles. The Morgan fingerprint density at radius 3 is 2.52 bits per heavy atom. The van der Waals surface area contributed by atoms with E-state index in [2.05, 4.69) is 16.0 Å². The molecule has 0 unspecified atom stereocenters. The summed E-state index contributed by atoms with van der Waals surface area (Å²) in [5.74, 6) is -0.0996. The number of aromatic nitrogens is 1. The van der Waals surface area contributed by atoms with E-state index in [1.165, 1.54) is 0 Å². The zero-order chi connectivity index (χ0) is 21.8. The van der Waals surface area contributed by atoms with Crippen LogP contribution < -0.4 is 10.2 Å². The normalized spacial score (nSPS) is 10.6. The molecule has 0 aliphatic heterocycles. The predicted octanol–water partition coefficient (Wildman–Crippen LogP) is 4.56. The molecule has 0 bridgehead atoms. The number of rotatable bonds is 6. The minimum absolute atomic E-state index is 0.0996. The molecule has 154 valence electrons. The van der Waals surface area contributed by atoms with Gasteiger partial charge in [0.2, 0.25) is 0 Å². The van der Waals surface area contributed by atoms with Gasteiger partial charge in [-0.1, -0.05) is 42.5 Å². The van der Waals surface area contributed by atoms with Crippen LogP contribution in [-0.2, 0) is 13.1 Å². The molecule has 3 aromatic carbocycles. The van der Waals surface area contributed by atoms with Crippen LogP contribution in [0.15, 0.2) is 79.0 Å². The van der Waals surface area contributed by atoms with Gasteiger partial charge in [-0.05, 0) is 41.5 Å². The molecule has 5 nitrogen and oxygen atoms in total. The lowest BCUT2D eigenvalue weighted by atomic mass is 10.1. The fourth-order valence-electron chi connectivity index (χ4n) is 3.68. The molecule has 0 saturated carbocycles. The number of nitriles is 1. The second kappa shape index (κ2) is 8.76. The summed E-state index contributed by atoms with van der Waals surface area (Å²) >= 11 is 0. The lowest BCUT2D eigenvalue weighted by molar-refractivity contribution is 0.0952. The number of carbonyl (C=O) groups excluding carboxylic acids is 1. The highest BCUT2D eigenvalue weighted by Crippen LogP contribution is 2.23. The van der Waals surface area contributed by atoms with E-state index in [-0.39, 0.29) is 5.91 Å². The molecular weight excluding hydrogens is 384 g/mol. The Balaban J connectivity index is 1.56. The van der Waals surface area contributed by atoms with E-state index in [9.17, 15) is 4.79 Å². The van der Waals surface area contributed by atoms with E-state index in [1.807, 2.05) is 91.9 Å². The Kier molecular flexibility index (Phi) is 5.72. The van der Waals surface area contributed by atoms with Crippen molar-refractivity contribution in [1.82, 2.24) is 9.88 Å². The highest BCUT2D eigenvalue weighted by molar-refractivity contribution is 6.07. The van der Waals surface area contributed by atoms with Gasteiger partial charge in [0, 0.05) is 50.0 Å². The summed E-state index contributed by atoms with van der Waals surface area (Å²) in [4.78, 5) is 15.0. The van der Waals surface area contributed by atoms with Crippen molar-refractivity contribution in [3.05, 3.63) is 101 Å². The second-order valence-corrected chi connectivity index (χ2v) is 7.74. The molecule has 0 fully saturated rings. The van der Waals surface area contributed by atoms with Crippen molar-refractivity contribution in [1.29, 1.82) is 5.26 Å². The van der Waals surface area contributed by atoms with Gasteiger partial charge in [0.05, 0.1) is 17.2 Å². The average molecular weight is 409 g/mol. The van der Waals surface area contributed by atoms with E-state index < -0.39 is 0 Å². The molecule has 4 rings (SSSR count). The van der Waals surface area contributed by atoms with Gasteiger partial charge in [-0.25, -0.2) is 0 Å². The van der Waals surface area contributed by atoms with Gasteiger partial charge in [-0.3, -0.25) is 4.79 Å². The first-order valence-electron chi connectivity index (χ1n) is 10.2. The van der Waals surface area contributed by atoms with Crippen LogP contribution in [0.25, 0.3) is 10.9 Å². The fourth-order valence-corrected chi connectivity index (χ4v) is 3.68. The summed E-state index contributed by atoms with van der Waals surface area (Å²) in [6, 6.07) is 25.8. The zero-order valence-electron chi connectivity index (χ0n) is 17.7. The molecule has 0 spiro atoms. The number of para-hydroxylation sites is 1. The van der Waals surface area contributed by atoms with E-state index >= 15 is 0 Å². The number of benzene rings is 3. The third-order valence-electron chi connectivity index (χ3n) is 5.35. The molecule has 0 atom stereocenters. The first-order valence-corrected chi connectivity index (χ1v) is 10.2. The fraction of sp³-hybridized carbons (Fsp3) is 0.154. The van der Waals surface area contributed by atoms with Crippen LogP contribution in [0.4, 0.5) is 5.69 Å². The van der Waals surface area contributed by atoms with Crippen molar-refractivity contribution in [3.63, 3.8) is 0 Å². The number of hydrogen-bond donors (Lipinski definition) is 1. The highest BCUT2D eigenvalue weighted by atomic mass is 16.1. The van der Waals surface area contributed by atoms with Crippen molar-refractivity contribution >= 4 is 22.5 Å². The van der Waals surface area contributed by atoms with E-state index in [0.29, 0.717) is 24.2 Å². The quantitative estimate of drug-likeness (QED) is 0.509. The highest BCUT2D eigenvalue weighted by Gasteiger charge is 2.15. The van der Waals surface area contributed by atoms with Gasteiger partial charge >= 0.3 is 0 Å². The first kappa shape index (κ1) is 20.2. The lowest BCUT2D eigenvalue weighted by Gasteiger charge is -2.12. The zero-order valence-corrected chi connectivity index (χ0v) is 17.7. The van der Waals surface area contributed by atoms with E-state index in [4.69, 9.17) is 5.26 Å². The maximum atomic E-state index is 13.0. The summed E-state index contributed by atoms with van der Waals surface area (Å²) in [5, 5.41) is 13.1. The number of nitrogens with zero attached hydrogens (tertiary/aromatic N) is 3. The Morgan fingerprint density at radius 1 is 1.00 bits per heavy atom. The maximum Gasteiger partial charge on any atom is 0.253 e.